The minimum atomic E-state index is 0.0405. The molecule has 0 unspecified atom stereocenters. The van der Waals surface area contributed by atoms with Gasteiger partial charge in [0.05, 0.1) is 17.8 Å². The molecule has 2 aromatic rings. The Morgan fingerprint density at radius 3 is 2.84 bits per heavy atom. The van der Waals surface area contributed by atoms with Gasteiger partial charge in [-0.15, -0.1) is 11.3 Å². The number of nitrogens with zero attached hydrogens (tertiary/aromatic N) is 1. The second-order valence-electron chi connectivity index (χ2n) is 4.16. The molecule has 0 spiro atoms. The molecule has 0 bridgehead atoms. The number of carbonyl (C=O) groups is 1. The van der Waals surface area contributed by atoms with Crippen LogP contribution in [0, 0.1) is 6.92 Å². The Labute approximate surface area is 124 Å². The zero-order chi connectivity index (χ0) is 13.8. The van der Waals surface area contributed by atoms with Gasteiger partial charge >= 0.3 is 0 Å². The molecule has 1 heterocycles. The normalized spacial score (nSPS) is 10.5. The number of aromatic nitrogens is 1. The maximum atomic E-state index is 11.3. The summed E-state index contributed by atoms with van der Waals surface area (Å²) in [5.41, 5.74) is 3.59. The molecule has 0 N–H and O–H groups in total. The molecule has 2 rings (SSSR count). The minimum absolute atomic E-state index is 0.0405. The first-order valence-corrected chi connectivity index (χ1v) is 7.57. The summed E-state index contributed by atoms with van der Waals surface area (Å²) >= 11 is 5.03. The Bertz CT molecular complexity index is 595. The first-order chi connectivity index (χ1) is 9.08. The number of carbonyl (C=O) groups excluding carboxylic acids is 1. The molecule has 0 amide bonds. The predicted molar refractivity (Wildman–Crippen MR) is 80.2 cm³/mol. The third kappa shape index (κ3) is 3.64. The number of Topliss-reactive ketones (excluding diaryl/α,β-unsaturated/α-hetero) is 1. The SMILES string of the molecule is CC(=O)c1ccc(OCCc2scnc2C)cc1Br. The van der Waals surface area contributed by atoms with Crippen molar-refractivity contribution in [2.24, 2.45) is 0 Å². The van der Waals surface area contributed by atoms with Gasteiger partial charge < -0.3 is 4.74 Å². The Morgan fingerprint density at radius 1 is 1.47 bits per heavy atom. The van der Waals surface area contributed by atoms with Crippen LogP contribution in [0.5, 0.6) is 5.75 Å². The number of benzene rings is 1. The molecular weight excluding hydrogens is 326 g/mol. The van der Waals surface area contributed by atoms with Gasteiger partial charge in [0, 0.05) is 21.3 Å². The number of hydrogen-bond acceptors (Lipinski definition) is 4. The molecule has 0 aliphatic carbocycles. The monoisotopic (exact) mass is 339 g/mol. The lowest BCUT2D eigenvalue weighted by Crippen LogP contribution is -2.02. The molecule has 5 heteroatoms. The van der Waals surface area contributed by atoms with Crippen molar-refractivity contribution in [3.63, 3.8) is 0 Å². The van der Waals surface area contributed by atoms with E-state index in [1.165, 1.54) is 4.88 Å². The van der Waals surface area contributed by atoms with Crippen LogP contribution in [-0.2, 0) is 6.42 Å². The van der Waals surface area contributed by atoms with Gasteiger partial charge in [0.2, 0.25) is 0 Å². The summed E-state index contributed by atoms with van der Waals surface area (Å²) in [7, 11) is 0. The molecule has 0 aliphatic heterocycles. The van der Waals surface area contributed by atoms with Gasteiger partial charge in [-0.25, -0.2) is 4.98 Å². The van der Waals surface area contributed by atoms with Crippen molar-refractivity contribution in [1.29, 1.82) is 0 Å². The van der Waals surface area contributed by atoms with E-state index in [1.54, 1.807) is 24.3 Å². The van der Waals surface area contributed by atoms with Crippen LogP contribution < -0.4 is 4.74 Å². The van der Waals surface area contributed by atoms with Gasteiger partial charge in [-0.3, -0.25) is 4.79 Å². The summed E-state index contributed by atoms with van der Waals surface area (Å²) in [6.07, 6.45) is 0.850. The molecule has 3 nitrogen and oxygen atoms in total. The smallest absolute Gasteiger partial charge is 0.160 e. The minimum Gasteiger partial charge on any atom is -0.493 e. The van der Waals surface area contributed by atoms with Gasteiger partial charge in [0.15, 0.2) is 5.78 Å². The molecule has 19 heavy (non-hydrogen) atoms. The van der Waals surface area contributed by atoms with Crippen molar-refractivity contribution in [1.82, 2.24) is 4.98 Å². The van der Waals surface area contributed by atoms with Crippen molar-refractivity contribution in [2.45, 2.75) is 20.3 Å². The number of hydrogen-bond donors (Lipinski definition) is 0. The van der Waals surface area contributed by atoms with Crippen LogP contribution in [0.2, 0.25) is 0 Å². The summed E-state index contributed by atoms with van der Waals surface area (Å²) in [5.74, 6) is 0.803. The van der Waals surface area contributed by atoms with Gasteiger partial charge in [0.25, 0.3) is 0 Å². The molecule has 0 aliphatic rings. The molecule has 0 fully saturated rings. The number of rotatable bonds is 5. The van der Waals surface area contributed by atoms with Gasteiger partial charge in [0.1, 0.15) is 5.75 Å². The van der Waals surface area contributed by atoms with Crippen LogP contribution in [0.1, 0.15) is 27.9 Å². The third-order valence-electron chi connectivity index (χ3n) is 2.76. The van der Waals surface area contributed by atoms with Crippen LogP contribution in [0.25, 0.3) is 0 Å². The van der Waals surface area contributed by atoms with Crippen molar-refractivity contribution in [3.8, 4) is 5.75 Å². The topological polar surface area (TPSA) is 39.2 Å². The summed E-state index contributed by atoms with van der Waals surface area (Å²) in [6.45, 7) is 4.16. The molecule has 0 saturated heterocycles. The number of ether oxygens (including phenoxy) is 1. The summed E-state index contributed by atoms with van der Waals surface area (Å²) in [5, 5.41) is 0. The highest BCUT2D eigenvalue weighted by Gasteiger charge is 2.07. The van der Waals surface area contributed by atoms with Crippen molar-refractivity contribution < 1.29 is 9.53 Å². The van der Waals surface area contributed by atoms with Crippen molar-refractivity contribution in [2.75, 3.05) is 6.61 Å². The third-order valence-corrected chi connectivity index (χ3v) is 4.41. The lowest BCUT2D eigenvalue weighted by Gasteiger charge is -2.07. The van der Waals surface area contributed by atoms with E-state index in [2.05, 4.69) is 20.9 Å². The number of thiazole rings is 1. The van der Waals surface area contributed by atoms with E-state index in [4.69, 9.17) is 4.74 Å². The van der Waals surface area contributed by atoms with E-state index in [0.29, 0.717) is 12.2 Å². The van der Waals surface area contributed by atoms with Crippen LogP contribution in [0.15, 0.2) is 28.2 Å². The number of ketones is 1. The summed E-state index contributed by atoms with van der Waals surface area (Å²) in [4.78, 5) is 16.8. The molecular formula is C14H14BrNO2S. The lowest BCUT2D eigenvalue weighted by molar-refractivity contribution is 0.101. The van der Waals surface area contributed by atoms with E-state index >= 15 is 0 Å². The molecule has 1 aromatic heterocycles. The van der Waals surface area contributed by atoms with E-state index in [0.717, 1.165) is 22.3 Å². The Balaban J connectivity index is 1.95. The van der Waals surface area contributed by atoms with Crippen LogP contribution in [-0.4, -0.2) is 17.4 Å². The Morgan fingerprint density at radius 2 is 2.26 bits per heavy atom. The maximum absolute atomic E-state index is 11.3. The average Bonchev–Trinajstić information content (AvgIpc) is 2.75. The van der Waals surface area contributed by atoms with E-state index in [1.807, 2.05) is 24.6 Å². The summed E-state index contributed by atoms with van der Waals surface area (Å²) in [6, 6.07) is 5.43. The first-order valence-electron chi connectivity index (χ1n) is 5.90. The zero-order valence-corrected chi connectivity index (χ0v) is 13.2. The van der Waals surface area contributed by atoms with E-state index < -0.39 is 0 Å². The van der Waals surface area contributed by atoms with Gasteiger partial charge in [-0.05, 0) is 48.0 Å². The highest BCUT2D eigenvalue weighted by atomic mass is 79.9. The van der Waals surface area contributed by atoms with Crippen molar-refractivity contribution >= 4 is 33.0 Å². The van der Waals surface area contributed by atoms with E-state index in [9.17, 15) is 4.79 Å². The fourth-order valence-electron chi connectivity index (χ4n) is 1.70. The fraction of sp³-hybridized carbons (Fsp3) is 0.286. The second-order valence-corrected chi connectivity index (χ2v) is 5.95. The standard InChI is InChI=1S/C14H14BrNO2S/c1-9-14(19-8-16-9)5-6-18-11-3-4-12(10(2)17)13(15)7-11/h3-4,7-8H,5-6H2,1-2H3. The van der Waals surface area contributed by atoms with E-state index in [-0.39, 0.29) is 5.78 Å². The highest BCUT2D eigenvalue weighted by molar-refractivity contribution is 9.10. The molecule has 0 saturated carbocycles. The number of aryl methyl sites for hydroxylation is 1. The second kappa shape index (κ2) is 6.30. The number of halogens is 1. The fourth-order valence-corrected chi connectivity index (χ4v) is 3.10. The average molecular weight is 340 g/mol. The van der Waals surface area contributed by atoms with Crippen LogP contribution in [0.4, 0.5) is 0 Å². The highest BCUT2D eigenvalue weighted by Crippen LogP contribution is 2.24. The molecule has 0 atom stereocenters. The van der Waals surface area contributed by atoms with Gasteiger partial charge in [-0.1, -0.05) is 0 Å². The lowest BCUT2D eigenvalue weighted by atomic mass is 10.1. The summed E-state index contributed by atoms with van der Waals surface area (Å²) < 4.78 is 6.46. The molecule has 1 aromatic carbocycles. The maximum Gasteiger partial charge on any atom is 0.160 e. The Hall–Kier alpha value is -1.20. The van der Waals surface area contributed by atoms with Crippen LogP contribution in [0.3, 0.4) is 0 Å². The predicted octanol–water partition coefficient (Wildman–Crippen LogP) is 4.04. The van der Waals surface area contributed by atoms with Gasteiger partial charge in [-0.2, -0.15) is 0 Å². The zero-order valence-electron chi connectivity index (χ0n) is 10.8. The first kappa shape index (κ1) is 14.2. The largest absolute Gasteiger partial charge is 0.493 e. The Kier molecular flexibility index (Phi) is 4.71. The van der Waals surface area contributed by atoms with Crippen LogP contribution >= 0.6 is 27.3 Å². The quantitative estimate of drug-likeness (QED) is 0.771. The molecule has 100 valence electrons. The van der Waals surface area contributed by atoms with Crippen molar-refractivity contribution in [3.05, 3.63) is 44.3 Å². The molecule has 0 radical (unpaired) electrons.